The van der Waals surface area contributed by atoms with Crippen LogP contribution >= 0.6 is 17.0 Å². The predicted octanol–water partition coefficient (Wildman–Crippen LogP) is 14.4. The Morgan fingerprint density at radius 3 is 1.52 bits per heavy atom. The maximum absolute atomic E-state index is 4.93. The Morgan fingerprint density at radius 1 is 0.620 bits per heavy atom. The predicted molar refractivity (Wildman–Crippen MR) is 229 cm³/mol. The maximum atomic E-state index is 4.93. The molecule has 0 aliphatic carbocycles. The molecule has 0 aromatic heterocycles. The van der Waals surface area contributed by atoms with Gasteiger partial charge in [-0.1, -0.05) is 160 Å². The molecule has 0 saturated carbocycles. The molecule has 6 aromatic carbocycles. The Kier molecular flexibility index (Phi) is 15.4. The van der Waals surface area contributed by atoms with Gasteiger partial charge in [0.1, 0.15) is 0 Å². The van der Waals surface area contributed by atoms with Crippen LogP contribution in [0.4, 0.5) is 0 Å². The monoisotopic (exact) mass is 812 g/mol. The molecule has 0 saturated heterocycles. The third kappa shape index (κ3) is 11.2. The summed E-state index contributed by atoms with van der Waals surface area (Å²) in [7, 11) is 9.68. The molecule has 0 heterocycles. The molecule has 0 amide bonds. The van der Waals surface area contributed by atoms with Crippen LogP contribution in [0.3, 0.4) is 0 Å². The van der Waals surface area contributed by atoms with E-state index < -0.39 is 28.9 Å². The molecule has 0 nitrogen and oxygen atoms in total. The van der Waals surface area contributed by atoms with E-state index in [9.17, 15) is 0 Å². The summed E-state index contributed by atoms with van der Waals surface area (Å²) in [6.45, 7) is 29.5. The van der Waals surface area contributed by atoms with E-state index in [0.717, 1.165) is 9.52 Å². The van der Waals surface area contributed by atoms with Crippen molar-refractivity contribution in [3.05, 3.63) is 125 Å². The van der Waals surface area contributed by atoms with Gasteiger partial charge >= 0.3 is 37.9 Å². The molecule has 5 heteroatoms. The second-order valence-corrected chi connectivity index (χ2v) is 26.1. The molecular weight excluding hydrogens is 759 g/mol. The zero-order chi connectivity index (χ0) is 37.4. The number of fused-ring (bicyclic) bond motifs is 2. The minimum atomic E-state index is -1.27. The van der Waals surface area contributed by atoms with Crippen LogP contribution in [0.25, 0.3) is 43.8 Å². The molecule has 2 radical (unpaired) electrons. The van der Waals surface area contributed by atoms with Crippen molar-refractivity contribution in [2.75, 3.05) is 0 Å². The van der Waals surface area contributed by atoms with Gasteiger partial charge in [0, 0.05) is 9.52 Å². The van der Waals surface area contributed by atoms with E-state index in [4.69, 9.17) is 17.0 Å². The zero-order valence-electron chi connectivity index (χ0n) is 32.6. The quantitative estimate of drug-likeness (QED) is 0.123. The summed E-state index contributed by atoms with van der Waals surface area (Å²) in [4.78, 5) is 0. The second-order valence-electron chi connectivity index (χ2n) is 16.3. The Labute approximate surface area is 326 Å². The van der Waals surface area contributed by atoms with Crippen molar-refractivity contribution in [3.8, 4) is 22.3 Å². The number of hydrogen-bond acceptors (Lipinski definition) is 0. The Morgan fingerprint density at radius 2 is 1.08 bits per heavy atom. The average molecular weight is 815 g/mol. The summed E-state index contributed by atoms with van der Waals surface area (Å²) >= 11 is -0.826. The topological polar surface area (TPSA) is 0 Å². The van der Waals surface area contributed by atoms with Gasteiger partial charge in [-0.3, -0.25) is 0 Å². The molecule has 262 valence electrons. The third-order valence-electron chi connectivity index (χ3n) is 8.99. The SMILES string of the molecule is CC(C)(C)c1ccc(-c2cccc3[cH-]c([Si](C)(C)C)cc23)cc1.C[Si]C.Cc1cc2c(-c3ccc(C(C)(C)C)cc3)ccc(C)c2[cH-]1.[Cl][Zr+2][Cl]. The van der Waals surface area contributed by atoms with E-state index in [1.807, 2.05) is 0 Å². The first-order valence-corrected chi connectivity index (χ1v) is 29.3. The van der Waals surface area contributed by atoms with Crippen LogP contribution in [0.5, 0.6) is 0 Å². The van der Waals surface area contributed by atoms with Crippen molar-refractivity contribution >= 4 is 61.4 Å². The molecule has 0 unspecified atom stereocenters. The normalized spacial score (nSPS) is 11.5. The van der Waals surface area contributed by atoms with E-state index in [1.54, 1.807) is 5.19 Å². The summed E-state index contributed by atoms with van der Waals surface area (Å²) in [6.07, 6.45) is 0. The van der Waals surface area contributed by atoms with Crippen LogP contribution in [0, 0.1) is 13.8 Å². The third-order valence-corrected chi connectivity index (χ3v) is 11.0. The average Bonchev–Trinajstić information content (AvgIpc) is 3.66. The first kappa shape index (κ1) is 42.4. The van der Waals surface area contributed by atoms with E-state index in [0.29, 0.717) is 0 Å². The molecule has 0 bridgehead atoms. The van der Waals surface area contributed by atoms with E-state index >= 15 is 0 Å². The molecule has 50 heavy (non-hydrogen) atoms. The fourth-order valence-corrected chi connectivity index (χ4v) is 7.23. The number of aryl methyl sites for hydroxylation is 2. The fourth-order valence-electron chi connectivity index (χ4n) is 6.06. The Balaban J connectivity index is 0.000000235. The van der Waals surface area contributed by atoms with E-state index in [-0.39, 0.29) is 10.8 Å². The van der Waals surface area contributed by atoms with Crippen molar-refractivity contribution in [2.24, 2.45) is 0 Å². The Hall–Kier alpha value is -2.00. The number of hydrogen-bond donors (Lipinski definition) is 0. The van der Waals surface area contributed by atoms with Gasteiger partial charge in [0.2, 0.25) is 0 Å². The summed E-state index contributed by atoms with van der Waals surface area (Å²) in [5.74, 6) is 0. The van der Waals surface area contributed by atoms with Crippen molar-refractivity contribution in [1.29, 1.82) is 0 Å². The van der Waals surface area contributed by atoms with Gasteiger partial charge in [0.25, 0.3) is 0 Å². The molecule has 0 fully saturated rings. The van der Waals surface area contributed by atoms with Crippen LogP contribution in [-0.2, 0) is 31.7 Å². The minimum absolute atomic E-state index is 0.204. The van der Waals surface area contributed by atoms with Crippen LogP contribution in [0.1, 0.15) is 63.8 Å². The van der Waals surface area contributed by atoms with Crippen LogP contribution in [0.15, 0.2) is 103 Å². The van der Waals surface area contributed by atoms with Crippen LogP contribution in [0.2, 0.25) is 32.7 Å². The van der Waals surface area contributed by atoms with Crippen LogP contribution < -0.4 is 5.19 Å². The molecule has 0 aliphatic heterocycles. The fraction of sp³-hybridized carbons (Fsp3) is 0.333. The van der Waals surface area contributed by atoms with Crippen molar-refractivity contribution in [3.63, 3.8) is 0 Å². The van der Waals surface area contributed by atoms with Crippen molar-refractivity contribution < 1.29 is 20.8 Å². The van der Waals surface area contributed by atoms with Gasteiger partial charge in [-0.05, 0) is 33.1 Å². The van der Waals surface area contributed by atoms with E-state index in [2.05, 4.69) is 191 Å². The molecule has 0 atom stereocenters. The summed E-state index contributed by atoms with van der Waals surface area (Å²) in [5, 5.41) is 7.07. The molecule has 6 rings (SSSR count). The summed E-state index contributed by atoms with van der Waals surface area (Å²) in [5.41, 5.74) is 11.2. The zero-order valence-corrected chi connectivity index (χ0v) is 38.5. The first-order chi connectivity index (χ1) is 23.3. The molecule has 0 aliphatic rings. The number of benzene rings is 4. The Bertz CT molecular complexity index is 1940. The van der Waals surface area contributed by atoms with Gasteiger partial charge in [0.05, 0.1) is 8.07 Å². The molecule has 0 spiro atoms. The van der Waals surface area contributed by atoms with Crippen molar-refractivity contribution in [1.82, 2.24) is 0 Å². The molecule has 0 N–H and O–H groups in total. The summed E-state index contributed by atoms with van der Waals surface area (Å²) in [6, 6.07) is 38.7. The van der Waals surface area contributed by atoms with Gasteiger partial charge in [-0.15, -0.1) is 68.2 Å². The first-order valence-electron chi connectivity index (χ1n) is 17.5. The van der Waals surface area contributed by atoms with Crippen LogP contribution in [-0.4, -0.2) is 17.6 Å². The van der Waals surface area contributed by atoms with Crippen molar-refractivity contribution in [2.45, 2.75) is 99.0 Å². The van der Waals surface area contributed by atoms with Gasteiger partial charge < -0.3 is 0 Å². The summed E-state index contributed by atoms with van der Waals surface area (Å²) < 4.78 is 0. The van der Waals surface area contributed by atoms with Gasteiger partial charge in [-0.2, -0.15) is 12.1 Å². The van der Waals surface area contributed by atoms with Gasteiger partial charge in [0.15, 0.2) is 0 Å². The molecule has 6 aromatic rings. The second kappa shape index (κ2) is 18.2. The standard InChI is InChI=1S/C22H27Si.C21H23.C2H6Si.2ClH.Zr/c1-22(2,3)18-12-10-16(11-13-18)20-9-7-8-17-14-19(15-21(17)20)23(4,5)6;1-14-12-19-15(2)6-11-18(20(19)13-14)16-7-9-17(10-8-16)21(3,4)5;1-3-2;;;/h7-15H,1-6H3;6-13H,1-5H3;1-2H3;2*1H;/q2*-1;;;;+4/p-2. The van der Waals surface area contributed by atoms with Gasteiger partial charge in [-0.25, -0.2) is 0 Å². The molecular formula is C45H56Cl2Si2Zr. The number of rotatable bonds is 3. The van der Waals surface area contributed by atoms with E-state index in [1.165, 1.54) is 66.1 Å². The number of halogens is 2.